The van der Waals surface area contributed by atoms with E-state index in [0.717, 1.165) is 0 Å². The topological polar surface area (TPSA) is 17.1 Å². The van der Waals surface area contributed by atoms with Crippen molar-refractivity contribution in [3.63, 3.8) is 0 Å². The zero-order valence-electron chi connectivity index (χ0n) is 11.0. The molecule has 1 heteroatoms. The van der Waals surface area contributed by atoms with E-state index in [9.17, 15) is 4.79 Å². The third-order valence-corrected chi connectivity index (χ3v) is 1.30. The Morgan fingerprint density at radius 3 is 2.91 bits per heavy atom. The molecule has 0 bridgehead atoms. The number of ketones is 1. The van der Waals surface area contributed by atoms with Gasteiger partial charge in [-0.05, 0) is 18.8 Å². The minimum atomic E-state index is -2.89. The second-order valence-corrected chi connectivity index (χ2v) is 2.17. The highest BCUT2D eigenvalue weighted by atomic mass is 16.1. The summed E-state index contributed by atoms with van der Waals surface area (Å²) in [6, 6.07) is 8.51. The zero-order chi connectivity index (χ0) is 12.4. The summed E-state index contributed by atoms with van der Waals surface area (Å²) in [5.41, 5.74) is 0.602. The number of benzene rings is 1. The molecular formula is C10H12O. The van der Waals surface area contributed by atoms with Gasteiger partial charge in [-0.2, -0.15) is 0 Å². The number of hydrogen-bond donors (Lipinski definition) is 0. The second-order valence-electron chi connectivity index (χ2n) is 2.17. The molecule has 0 heterocycles. The van der Waals surface area contributed by atoms with Crippen LogP contribution < -0.4 is 0 Å². The number of Topliss-reactive ketones (excluding diaryl/α,β-unsaturated/α-hetero) is 1. The van der Waals surface area contributed by atoms with Gasteiger partial charge in [-0.1, -0.05) is 30.3 Å². The van der Waals surface area contributed by atoms with E-state index >= 15 is 0 Å². The lowest BCUT2D eigenvalue weighted by Gasteiger charge is -1.96. The van der Waals surface area contributed by atoms with Crippen LogP contribution in [-0.2, 0) is 11.2 Å². The SMILES string of the molecule is [2H]C([2H])([2H])C(=O)C([2H])([2H])Cc1ccccc1. The highest BCUT2D eigenvalue weighted by molar-refractivity contribution is 5.75. The quantitative estimate of drug-likeness (QED) is 0.650. The molecule has 0 spiro atoms. The van der Waals surface area contributed by atoms with E-state index in [4.69, 9.17) is 6.85 Å². The van der Waals surface area contributed by atoms with Crippen LogP contribution in [0, 0.1) is 0 Å². The number of rotatable bonds is 3. The fraction of sp³-hybridized carbons (Fsp3) is 0.300. The summed E-state index contributed by atoms with van der Waals surface area (Å²) in [7, 11) is 0. The van der Waals surface area contributed by atoms with Crippen molar-refractivity contribution < 1.29 is 11.6 Å². The summed E-state index contributed by atoms with van der Waals surface area (Å²) in [6.45, 7) is -2.89. The zero-order valence-corrected chi connectivity index (χ0v) is 6.00. The Morgan fingerprint density at radius 2 is 2.27 bits per heavy atom. The summed E-state index contributed by atoms with van der Waals surface area (Å²) in [5.74, 6) is -1.34. The molecule has 0 atom stereocenters. The minimum Gasteiger partial charge on any atom is -0.300 e. The Labute approximate surface area is 74.1 Å². The van der Waals surface area contributed by atoms with Gasteiger partial charge in [-0.3, -0.25) is 0 Å². The van der Waals surface area contributed by atoms with E-state index < -0.39 is 19.0 Å². The van der Waals surface area contributed by atoms with Gasteiger partial charge in [0.1, 0.15) is 5.78 Å². The van der Waals surface area contributed by atoms with Gasteiger partial charge in [0.2, 0.25) is 0 Å². The van der Waals surface area contributed by atoms with E-state index in [2.05, 4.69) is 0 Å². The molecule has 0 aliphatic rings. The Kier molecular flexibility index (Phi) is 1.25. The fourth-order valence-corrected chi connectivity index (χ4v) is 0.778. The first kappa shape index (κ1) is 3.53. The highest BCUT2D eigenvalue weighted by Gasteiger charge is 1.94. The normalized spacial score (nSPS) is 18.7. The molecule has 0 aliphatic carbocycles. The maximum Gasteiger partial charge on any atom is 0.130 e. The fourth-order valence-electron chi connectivity index (χ4n) is 0.778. The smallest absolute Gasteiger partial charge is 0.130 e. The van der Waals surface area contributed by atoms with Gasteiger partial charge in [0.15, 0.2) is 0 Å². The van der Waals surface area contributed by atoms with Crippen molar-refractivity contribution >= 4 is 5.78 Å². The molecule has 0 amide bonds. The molecule has 1 aromatic carbocycles. The van der Waals surface area contributed by atoms with Gasteiger partial charge in [-0.15, -0.1) is 0 Å². The monoisotopic (exact) mass is 153 g/mol. The van der Waals surface area contributed by atoms with Crippen LogP contribution in [0.5, 0.6) is 0 Å². The second kappa shape index (κ2) is 3.91. The molecule has 1 aromatic rings. The molecule has 0 radical (unpaired) electrons. The Balaban J connectivity index is 2.84. The van der Waals surface area contributed by atoms with Crippen LogP contribution >= 0.6 is 0 Å². The average Bonchev–Trinajstić information content (AvgIpc) is 2.16. The molecule has 1 nitrogen and oxygen atoms in total. The van der Waals surface area contributed by atoms with Gasteiger partial charge in [0.05, 0.1) is 0 Å². The van der Waals surface area contributed by atoms with Crippen LogP contribution in [0.15, 0.2) is 30.3 Å². The summed E-state index contributed by atoms with van der Waals surface area (Å²) in [4.78, 5) is 11.4. The molecule has 58 valence electrons. The van der Waals surface area contributed by atoms with E-state index in [-0.39, 0.29) is 6.42 Å². The van der Waals surface area contributed by atoms with Crippen molar-refractivity contribution in [2.24, 2.45) is 0 Å². The summed E-state index contributed by atoms with van der Waals surface area (Å²) in [6.07, 6.45) is -2.57. The van der Waals surface area contributed by atoms with Crippen molar-refractivity contribution in [2.75, 3.05) is 0 Å². The summed E-state index contributed by atoms with van der Waals surface area (Å²) >= 11 is 0. The molecule has 1 rings (SSSR count). The molecule has 0 aromatic heterocycles. The van der Waals surface area contributed by atoms with Crippen molar-refractivity contribution in [3.8, 4) is 0 Å². The lowest BCUT2D eigenvalue weighted by atomic mass is 10.1. The lowest BCUT2D eigenvalue weighted by molar-refractivity contribution is -0.116. The molecule has 0 aliphatic heterocycles. The van der Waals surface area contributed by atoms with Crippen molar-refractivity contribution in [1.29, 1.82) is 0 Å². The molecule has 0 N–H and O–H groups in total. The molecular weight excluding hydrogens is 136 g/mol. The van der Waals surface area contributed by atoms with Crippen LogP contribution in [0.1, 0.15) is 25.6 Å². The molecule has 0 fully saturated rings. The Bertz CT molecular complexity index is 369. The Morgan fingerprint density at radius 1 is 1.55 bits per heavy atom. The molecule has 11 heavy (non-hydrogen) atoms. The van der Waals surface area contributed by atoms with Gasteiger partial charge in [0.25, 0.3) is 0 Å². The summed E-state index contributed by atoms with van der Waals surface area (Å²) in [5, 5.41) is 0. The van der Waals surface area contributed by atoms with Crippen LogP contribution in [0.3, 0.4) is 0 Å². The average molecular weight is 153 g/mol. The maximum absolute atomic E-state index is 11.4. The van der Waals surface area contributed by atoms with Crippen LogP contribution in [-0.4, -0.2) is 5.78 Å². The van der Waals surface area contributed by atoms with E-state index in [1.54, 1.807) is 30.3 Å². The third-order valence-electron chi connectivity index (χ3n) is 1.30. The van der Waals surface area contributed by atoms with Gasteiger partial charge in [0, 0.05) is 13.2 Å². The highest BCUT2D eigenvalue weighted by Crippen LogP contribution is 2.01. The minimum absolute atomic E-state index is 0.217. The van der Waals surface area contributed by atoms with Crippen LogP contribution in [0.2, 0.25) is 0 Å². The largest absolute Gasteiger partial charge is 0.300 e. The van der Waals surface area contributed by atoms with E-state index in [1.165, 1.54) is 0 Å². The molecule has 0 unspecified atom stereocenters. The third kappa shape index (κ3) is 2.99. The number of aryl methyl sites for hydroxylation is 1. The van der Waals surface area contributed by atoms with Crippen LogP contribution in [0.4, 0.5) is 0 Å². The van der Waals surface area contributed by atoms with Crippen molar-refractivity contribution in [3.05, 3.63) is 35.9 Å². The first-order valence-corrected chi connectivity index (χ1v) is 3.32. The van der Waals surface area contributed by atoms with E-state index in [1.807, 2.05) is 0 Å². The van der Waals surface area contributed by atoms with Gasteiger partial charge in [-0.25, -0.2) is 0 Å². The van der Waals surface area contributed by atoms with Gasteiger partial charge < -0.3 is 4.79 Å². The molecule has 0 saturated carbocycles. The number of hydrogen-bond acceptors (Lipinski definition) is 1. The Hall–Kier alpha value is -1.11. The summed E-state index contributed by atoms with van der Waals surface area (Å²) < 4.78 is 35.7. The predicted octanol–water partition coefficient (Wildman–Crippen LogP) is 2.21. The van der Waals surface area contributed by atoms with E-state index in [0.29, 0.717) is 5.56 Å². The lowest BCUT2D eigenvalue weighted by Crippen LogP contribution is -1.92. The number of carbonyl (C=O) groups excluding carboxylic acids is 1. The van der Waals surface area contributed by atoms with Crippen molar-refractivity contribution in [1.82, 2.24) is 0 Å². The standard InChI is InChI=1S/C10H12O/c1-9(11)7-8-10-5-3-2-4-6-10/h2-6H,7-8H2,1H3/i1D3,7D2. The van der Waals surface area contributed by atoms with Crippen molar-refractivity contribution in [2.45, 2.75) is 19.6 Å². The first-order valence-electron chi connectivity index (χ1n) is 5.82. The predicted molar refractivity (Wildman–Crippen MR) is 45.4 cm³/mol. The number of carbonyl (C=O) groups is 1. The van der Waals surface area contributed by atoms with Gasteiger partial charge >= 0.3 is 0 Å². The van der Waals surface area contributed by atoms with Crippen LogP contribution in [0.25, 0.3) is 0 Å². The molecule has 0 saturated heterocycles. The first-order chi connectivity index (χ1) is 7.23. The maximum atomic E-state index is 11.4.